The summed E-state index contributed by atoms with van der Waals surface area (Å²) < 4.78 is 28.5. The molecule has 0 bridgehead atoms. The molecule has 2 aromatic carbocycles. The fourth-order valence-electron chi connectivity index (χ4n) is 2.59. The van der Waals surface area contributed by atoms with Gasteiger partial charge in [0.05, 0.1) is 16.8 Å². The summed E-state index contributed by atoms with van der Waals surface area (Å²) in [4.78, 5) is 13.2. The van der Waals surface area contributed by atoms with E-state index in [0.717, 1.165) is 11.8 Å². The molecule has 0 saturated heterocycles. The summed E-state index contributed by atoms with van der Waals surface area (Å²) in [6.45, 7) is 0. The van der Waals surface area contributed by atoms with Gasteiger partial charge in [-0.05, 0) is 24.3 Å². The molecular formula is C19H19N5O3S. The van der Waals surface area contributed by atoms with Gasteiger partial charge in [-0.25, -0.2) is 18.4 Å². The topological polar surface area (TPSA) is 125 Å². The number of nitrogens with two attached hydrogens (primary N) is 1. The Morgan fingerprint density at radius 2 is 1.68 bits per heavy atom. The van der Waals surface area contributed by atoms with E-state index in [1.807, 2.05) is 30.3 Å². The molecule has 0 aliphatic carbocycles. The molecule has 2 heterocycles. The molecule has 0 aliphatic heterocycles. The van der Waals surface area contributed by atoms with Gasteiger partial charge in [-0.3, -0.25) is 0 Å². The summed E-state index contributed by atoms with van der Waals surface area (Å²) in [5.41, 5.74) is 8.22. The molecule has 2 aromatic heterocycles. The van der Waals surface area contributed by atoms with Crippen LogP contribution in [-0.4, -0.2) is 34.8 Å². The summed E-state index contributed by atoms with van der Waals surface area (Å²) in [7, 11) is -3.27. The van der Waals surface area contributed by atoms with Crippen LogP contribution in [-0.2, 0) is 9.84 Å². The van der Waals surface area contributed by atoms with Crippen molar-refractivity contribution in [1.29, 1.82) is 0 Å². The molecule has 2 N–H and O–H groups in total. The van der Waals surface area contributed by atoms with Gasteiger partial charge in [-0.2, -0.15) is 4.98 Å². The zero-order valence-electron chi connectivity index (χ0n) is 14.8. The quantitative estimate of drug-likeness (QED) is 0.556. The monoisotopic (exact) mass is 397 g/mol. The van der Waals surface area contributed by atoms with Crippen molar-refractivity contribution in [1.82, 2.24) is 20.1 Å². The number of rotatable bonds is 4. The molecule has 0 fully saturated rings. The van der Waals surface area contributed by atoms with E-state index in [4.69, 9.17) is 10.3 Å². The second kappa shape index (κ2) is 6.86. The van der Waals surface area contributed by atoms with Gasteiger partial charge in [0.2, 0.25) is 5.82 Å². The second-order valence-corrected chi connectivity index (χ2v) is 8.09. The van der Waals surface area contributed by atoms with Gasteiger partial charge in [0, 0.05) is 20.2 Å². The molecule has 4 rings (SSSR count). The molecule has 0 aliphatic rings. The first-order chi connectivity index (χ1) is 13.4. The first-order valence-electron chi connectivity index (χ1n) is 8.24. The van der Waals surface area contributed by atoms with Gasteiger partial charge >= 0.3 is 0 Å². The molecule has 0 radical (unpaired) electrons. The Morgan fingerprint density at radius 1 is 0.964 bits per heavy atom. The van der Waals surface area contributed by atoms with Crippen molar-refractivity contribution in [2.24, 2.45) is 0 Å². The number of aromatic nitrogens is 4. The molecule has 0 saturated carbocycles. The summed E-state index contributed by atoms with van der Waals surface area (Å²) >= 11 is 0. The third-order valence-corrected chi connectivity index (χ3v) is 5.17. The number of benzene rings is 2. The lowest BCUT2D eigenvalue weighted by atomic mass is 10.1. The van der Waals surface area contributed by atoms with E-state index in [1.54, 1.807) is 12.1 Å². The Balaban J connectivity index is 0.00000160. The predicted octanol–water partition coefficient (Wildman–Crippen LogP) is 3.34. The van der Waals surface area contributed by atoms with Crippen molar-refractivity contribution in [3.8, 4) is 34.2 Å². The number of hydrogen-bond donors (Lipinski definition) is 1. The van der Waals surface area contributed by atoms with Crippen LogP contribution in [0.4, 0.5) is 5.82 Å². The van der Waals surface area contributed by atoms with Crippen LogP contribution in [0.5, 0.6) is 0 Å². The largest absolute Gasteiger partial charge is 0.382 e. The zero-order valence-corrected chi connectivity index (χ0v) is 15.6. The highest BCUT2D eigenvalue weighted by molar-refractivity contribution is 7.90. The fraction of sp³-hybridized carbons (Fsp3) is 0.0526. The Bertz CT molecular complexity index is 1250. The molecule has 28 heavy (non-hydrogen) atoms. The molecule has 4 aromatic rings. The van der Waals surface area contributed by atoms with E-state index in [1.165, 1.54) is 18.3 Å². The van der Waals surface area contributed by atoms with Crippen LogP contribution in [0.2, 0.25) is 0 Å². The molecular weight excluding hydrogens is 378 g/mol. The normalized spacial score (nSPS) is 11.5. The summed E-state index contributed by atoms with van der Waals surface area (Å²) in [6.07, 6.45) is 2.66. The van der Waals surface area contributed by atoms with Gasteiger partial charge in [-0.1, -0.05) is 35.5 Å². The van der Waals surface area contributed by atoms with Crippen molar-refractivity contribution in [2.45, 2.75) is 4.90 Å². The smallest absolute Gasteiger partial charge is 0.258 e. The van der Waals surface area contributed by atoms with Crippen LogP contribution < -0.4 is 5.73 Å². The van der Waals surface area contributed by atoms with Gasteiger partial charge in [0.1, 0.15) is 0 Å². The van der Waals surface area contributed by atoms with E-state index < -0.39 is 9.84 Å². The standard InChI is InChI=1S/C19H15N5O3S.2H2/c1-28(25,26)14-9-7-12(8-10-14)15-11-21-17(20)16(22-15)18-23-19(27-24-18)13-5-3-2-4-6-13;;/h2-11H,1H3,(H2,20,21);2*1H. The number of anilines is 1. The van der Waals surface area contributed by atoms with E-state index in [2.05, 4.69) is 20.1 Å². The maximum Gasteiger partial charge on any atom is 0.258 e. The van der Waals surface area contributed by atoms with Crippen molar-refractivity contribution in [2.75, 3.05) is 12.0 Å². The Kier molecular flexibility index (Phi) is 4.36. The third-order valence-electron chi connectivity index (χ3n) is 4.04. The minimum Gasteiger partial charge on any atom is -0.382 e. The first-order valence-corrected chi connectivity index (χ1v) is 10.1. The van der Waals surface area contributed by atoms with Crippen LogP contribution in [0, 0.1) is 0 Å². The maximum atomic E-state index is 11.6. The molecule has 0 spiro atoms. The van der Waals surface area contributed by atoms with Crippen molar-refractivity contribution in [3.63, 3.8) is 0 Å². The Labute approximate surface area is 164 Å². The molecule has 9 heteroatoms. The lowest BCUT2D eigenvalue weighted by Gasteiger charge is -2.05. The van der Waals surface area contributed by atoms with Crippen molar-refractivity contribution < 1.29 is 15.8 Å². The average Bonchev–Trinajstić information content (AvgIpc) is 3.18. The first kappa shape index (κ1) is 17.8. The zero-order chi connectivity index (χ0) is 19.7. The number of nitrogen functional groups attached to an aromatic ring is 1. The Morgan fingerprint density at radius 3 is 2.36 bits per heavy atom. The van der Waals surface area contributed by atoms with Gasteiger partial charge < -0.3 is 10.3 Å². The van der Waals surface area contributed by atoms with Crippen LogP contribution in [0.25, 0.3) is 34.2 Å². The van der Waals surface area contributed by atoms with Crippen molar-refractivity contribution in [3.05, 3.63) is 60.8 Å². The molecule has 144 valence electrons. The fourth-order valence-corrected chi connectivity index (χ4v) is 3.22. The van der Waals surface area contributed by atoms with Gasteiger partial charge in [-0.15, -0.1) is 0 Å². The molecule has 0 unspecified atom stereocenters. The van der Waals surface area contributed by atoms with Gasteiger partial charge in [0.25, 0.3) is 5.89 Å². The second-order valence-electron chi connectivity index (χ2n) is 6.07. The van der Waals surface area contributed by atoms with Gasteiger partial charge in [0.15, 0.2) is 21.3 Å². The van der Waals surface area contributed by atoms with Crippen LogP contribution in [0.1, 0.15) is 2.85 Å². The maximum absolute atomic E-state index is 11.6. The van der Waals surface area contributed by atoms with E-state index in [0.29, 0.717) is 17.1 Å². The van der Waals surface area contributed by atoms with E-state index in [-0.39, 0.29) is 25.1 Å². The SMILES string of the molecule is CS(=O)(=O)c1ccc(-c2cnc(N)c(-c3noc(-c4ccccc4)n3)n2)cc1.[HH].[HH]. The van der Waals surface area contributed by atoms with Crippen LogP contribution in [0.3, 0.4) is 0 Å². The highest BCUT2D eigenvalue weighted by Crippen LogP contribution is 2.27. The predicted molar refractivity (Wildman–Crippen MR) is 108 cm³/mol. The molecule has 0 amide bonds. The Hall–Kier alpha value is -3.59. The van der Waals surface area contributed by atoms with Crippen LogP contribution in [0.15, 0.2) is 70.2 Å². The number of nitrogens with zero attached hydrogens (tertiary/aromatic N) is 4. The molecule has 8 nitrogen and oxygen atoms in total. The van der Waals surface area contributed by atoms with E-state index in [9.17, 15) is 8.42 Å². The molecule has 0 atom stereocenters. The summed E-state index contributed by atoms with van der Waals surface area (Å²) in [5.74, 6) is 0.732. The average molecular weight is 397 g/mol. The lowest BCUT2D eigenvalue weighted by Crippen LogP contribution is -2.00. The van der Waals surface area contributed by atoms with Crippen LogP contribution >= 0.6 is 0 Å². The van der Waals surface area contributed by atoms with Crippen molar-refractivity contribution >= 4 is 15.7 Å². The lowest BCUT2D eigenvalue weighted by molar-refractivity contribution is 0.432. The highest BCUT2D eigenvalue weighted by atomic mass is 32.2. The minimum absolute atomic E-state index is 0. The minimum atomic E-state index is -3.27. The number of sulfone groups is 1. The summed E-state index contributed by atoms with van der Waals surface area (Å²) in [5, 5.41) is 3.96. The third kappa shape index (κ3) is 3.47. The summed E-state index contributed by atoms with van der Waals surface area (Å²) in [6, 6.07) is 15.7. The highest BCUT2D eigenvalue weighted by Gasteiger charge is 2.17. The van der Waals surface area contributed by atoms with E-state index >= 15 is 0 Å². The number of hydrogen-bond acceptors (Lipinski definition) is 8.